The Morgan fingerprint density at radius 3 is 2.07 bits per heavy atom. The fourth-order valence-electron chi connectivity index (χ4n) is 7.43. The van der Waals surface area contributed by atoms with Gasteiger partial charge < -0.3 is 9.47 Å². The SMILES string of the molecule is C1=CC2c3c(-c4cccc5c4c4ccccc4n5-c4ccccc4)cccc3N(c3cccc4ccccc34)C2C=C1. The molecule has 0 saturated carbocycles. The van der Waals surface area contributed by atoms with Gasteiger partial charge in [0.25, 0.3) is 0 Å². The molecular formula is C40H28N2. The van der Waals surface area contributed by atoms with Gasteiger partial charge in [0.1, 0.15) is 0 Å². The lowest BCUT2D eigenvalue weighted by atomic mass is 9.85. The minimum atomic E-state index is 0.224. The summed E-state index contributed by atoms with van der Waals surface area (Å²) in [7, 11) is 0. The molecule has 0 saturated heterocycles. The number of aromatic nitrogens is 1. The Bertz CT molecular complexity index is 2210. The molecule has 6 aromatic carbocycles. The molecule has 0 N–H and O–H groups in total. The molecule has 2 heteroatoms. The Kier molecular flexibility index (Phi) is 5.06. The summed E-state index contributed by atoms with van der Waals surface area (Å²) in [6.45, 7) is 0. The smallest absolute Gasteiger partial charge is 0.0630 e. The lowest BCUT2D eigenvalue weighted by Crippen LogP contribution is -2.28. The molecule has 0 spiro atoms. The van der Waals surface area contributed by atoms with Gasteiger partial charge >= 0.3 is 0 Å². The van der Waals surface area contributed by atoms with Crippen molar-refractivity contribution in [2.75, 3.05) is 4.90 Å². The van der Waals surface area contributed by atoms with E-state index < -0.39 is 0 Å². The van der Waals surface area contributed by atoms with E-state index in [-0.39, 0.29) is 12.0 Å². The second-order valence-electron chi connectivity index (χ2n) is 11.3. The largest absolute Gasteiger partial charge is 0.333 e. The van der Waals surface area contributed by atoms with Gasteiger partial charge in [-0.15, -0.1) is 0 Å². The molecule has 2 heterocycles. The highest BCUT2D eigenvalue weighted by Crippen LogP contribution is 2.53. The Balaban J connectivity index is 1.34. The van der Waals surface area contributed by atoms with E-state index >= 15 is 0 Å². The third kappa shape index (κ3) is 3.27. The van der Waals surface area contributed by atoms with Crippen LogP contribution in [-0.2, 0) is 0 Å². The molecule has 2 nitrogen and oxygen atoms in total. The van der Waals surface area contributed by atoms with E-state index in [1.165, 1.54) is 66.3 Å². The predicted octanol–water partition coefficient (Wildman–Crippen LogP) is 10.3. The fraction of sp³-hybridized carbons (Fsp3) is 0.0500. The zero-order chi connectivity index (χ0) is 27.6. The Hall–Kier alpha value is -5.34. The van der Waals surface area contributed by atoms with Gasteiger partial charge in [-0.2, -0.15) is 0 Å². The van der Waals surface area contributed by atoms with Gasteiger partial charge in [-0.05, 0) is 58.5 Å². The predicted molar refractivity (Wildman–Crippen MR) is 177 cm³/mol. The van der Waals surface area contributed by atoms with E-state index in [0.29, 0.717) is 0 Å². The summed E-state index contributed by atoms with van der Waals surface area (Å²) in [6.07, 6.45) is 9.19. The highest BCUT2D eigenvalue weighted by atomic mass is 15.2. The lowest BCUT2D eigenvalue weighted by Gasteiger charge is -2.29. The summed E-state index contributed by atoms with van der Waals surface area (Å²) in [4.78, 5) is 2.57. The molecule has 0 amide bonds. The van der Waals surface area contributed by atoms with Crippen LogP contribution in [0.15, 0.2) is 158 Å². The van der Waals surface area contributed by atoms with Crippen LogP contribution in [0.25, 0.3) is 49.4 Å². The summed E-state index contributed by atoms with van der Waals surface area (Å²) >= 11 is 0. The second kappa shape index (κ2) is 9.09. The average Bonchev–Trinajstić information content (AvgIpc) is 3.58. The number of para-hydroxylation sites is 2. The molecule has 0 bridgehead atoms. The van der Waals surface area contributed by atoms with Crippen molar-refractivity contribution in [1.82, 2.24) is 4.57 Å². The molecule has 2 unspecified atom stereocenters. The van der Waals surface area contributed by atoms with E-state index in [0.717, 1.165) is 0 Å². The van der Waals surface area contributed by atoms with Crippen LogP contribution < -0.4 is 4.90 Å². The topological polar surface area (TPSA) is 8.17 Å². The van der Waals surface area contributed by atoms with Crippen molar-refractivity contribution in [3.05, 3.63) is 163 Å². The van der Waals surface area contributed by atoms with E-state index in [1.54, 1.807) is 0 Å². The molecule has 2 atom stereocenters. The molecule has 1 aliphatic heterocycles. The van der Waals surface area contributed by atoms with Crippen molar-refractivity contribution in [2.24, 2.45) is 0 Å². The maximum absolute atomic E-state index is 2.57. The molecule has 0 radical (unpaired) electrons. The number of allylic oxidation sites excluding steroid dienone is 2. The number of anilines is 2. The Morgan fingerprint density at radius 2 is 1.14 bits per heavy atom. The summed E-state index contributed by atoms with van der Waals surface area (Å²) in [5.41, 5.74) is 10.2. The van der Waals surface area contributed by atoms with Gasteiger partial charge in [0.15, 0.2) is 0 Å². The third-order valence-corrected chi connectivity index (χ3v) is 9.11. The van der Waals surface area contributed by atoms with Crippen LogP contribution in [0.1, 0.15) is 11.5 Å². The first-order valence-electron chi connectivity index (χ1n) is 14.7. The molecule has 0 fully saturated rings. The van der Waals surface area contributed by atoms with Gasteiger partial charge in [-0.1, -0.05) is 121 Å². The van der Waals surface area contributed by atoms with E-state index in [2.05, 4.69) is 167 Å². The fourth-order valence-corrected chi connectivity index (χ4v) is 7.43. The maximum atomic E-state index is 2.57. The van der Waals surface area contributed by atoms with Crippen molar-refractivity contribution >= 4 is 44.0 Å². The van der Waals surface area contributed by atoms with Crippen LogP contribution >= 0.6 is 0 Å². The molecule has 42 heavy (non-hydrogen) atoms. The number of hydrogen-bond donors (Lipinski definition) is 0. The van der Waals surface area contributed by atoms with Crippen LogP contribution in [0.5, 0.6) is 0 Å². The molecule has 1 aliphatic carbocycles. The third-order valence-electron chi connectivity index (χ3n) is 9.11. The van der Waals surface area contributed by atoms with Crippen molar-refractivity contribution in [3.63, 3.8) is 0 Å². The number of fused-ring (bicyclic) bond motifs is 7. The van der Waals surface area contributed by atoms with Gasteiger partial charge in [0, 0.05) is 39.1 Å². The van der Waals surface area contributed by atoms with Crippen LogP contribution in [0.4, 0.5) is 11.4 Å². The minimum Gasteiger partial charge on any atom is -0.333 e. The first-order chi connectivity index (χ1) is 20.9. The summed E-state index contributed by atoms with van der Waals surface area (Å²) < 4.78 is 2.41. The monoisotopic (exact) mass is 536 g/mol. The molecule has 2 aliphatic rings. The van der Waals surface area contributed by atoms with Crippen LogP contribution in [0.3, 0.4) is 0 Å². The first-order valence-corrected chi connectivity index (χ1v) is 14.7. The molecule has 1 aromatic heterocycles. The van der Waals surface area contributed by atoms with Crippen molar-refractivity contribution in [1.29, 1.82) is 0 Å². The van der Waals surface area contributed by atoms with Crippen molar-refractivity contribution < 1.29 is 0 Å². The molecule has 7 aromatic rings. The Labute approximate surface area is 245 Å². The van der Waals surface area contributed by atoms with E-state index in [1.807, 2.05) is 0 Å². The van der Waals surface area contributed by atoms with Gasteiger partial charge in [0.05, 0.1) is 17.1 Å². The second-order valence-corrected chi connectivity index (χ2v) is 11.3. The molecule has 198 valence electrons. The first kappa shape index (κ1) is 23.4. The minimum absolute atomic E-state index is 0.224. The maximum Gasteiger partial charge on any atom is 0.0630 e. The van der Waals surface area contributed by atoms with Crippen LogP contribution in [0.2, 0.25) is 0 Å². The van der Waals surface area contributed by atoms with Crippen LogP contribution in [-0.4, -0.2) is 10.6 Å². The summed E-state index contributed by atoms with van der Waals surface area (Å²) in [6, 6.07) is 48.9. The summed E-state index contributed by atoms with van der Waals surface area (Å²) in [5.74, 6) is 0.262. The lowest BCUT2D eigenvalue weighted by molar-refractivity contribution is 0.747. The molecule has 9 rings (SSSR count). The molecular weight excluding hydrogens is 508 g/mol. The number of nitrogens with zero attached hydrogens (tertiary/aromatic N) is 2. The quantitative estimate of drug-likeness (QED) is 0.218. The van der Waals surface area contributed by atoms with E-state index in [9.17, 15) is 0 Å². The number of rotatable bonds is 3. The van der Waals surface area contributed by atoms with Crippen LogP contribution in [0, 0.1) is 0 Å². The Morgan fingerprint density at radius 1 is 0.476 bits per heavy atom. The number of benzene rings is 6. The van der Waals surface area contributed by atoms with Gasteiger partial charge in [-0.25, -0.2) is 0 Å². The number of hydrogen-bond acceptors (Lipinski definition) is 1. The zero-order valence-corrected chi connectivity index (χ0v) is 23.1. The highest BCUT2D eigenvalue weighted by Gasteiger charge is 2.39. The standard InChI is InChI=1S/C40H28N2/c1-2-15-28(16-3-1)41-35-22-8-6-18-32(35)39-30(20-11-25-37(39)41)31-21-12-26-38-40(31)33-19-7-9-23-36(33)42(38)34-24-10-14-27-13-4-5-17-29(27)34/h1-26,33,36H. The summed E-state index contributed by atoms with van der Waals surface area (Å²) in [5, 5.41) is 5.14. The zero-order valence-electron chi connectivity index (χ0n) is 23.1. The van der Waals surface area contributed by atoms with Crippen molar-refractivity contribution in [2.45, 2.75) is 12.0 Å². The normalized spacial score (nSPS) is 17.3. The van der Waals surface area contributed by atoms with Crippen molar-refractivity contribution in [3.8, 4) is 16.8 Å². The highest BCUT2D eigenvalue weighted by molar-refractivity contribution is 6.16. The van der Waals surface area contributed by atoms with Gasteiger partial charge in [-0.3, -0.25) is 0 Å². The average molecular weight is 537 g/mol. The van der Waals surface area contributed by atoms with E-state index in [4.69, 9.17) is 0 Å². The van der Waals surface area contributed by atoms with Gasteiger partial charge in [0.2, 0.25) is 0 Å².